The first-order valence-corrected chi connectivity index (χ1v) is 6.77. The van der Waals surface area contributed by atoms with Crippen LogP contribution < -0.4 is 5.32 Å². The van der Waals surface area contributed by atoms with Gasteiger partial charge in [0.1, 0.15) is 5.60 Å². The lowest BCUT2D eigenvalue weighted by atomic mass is 9.88. The zero-order valence-corrected chi connectivity index (χ0v) is 11.4. The molecular formula is C13H24N2O3. The Morgan fingerprint density at radius 3 is 2.28 bits per heavy atom. The van der Waals surface area contributed by atoms with Gasteiger partial charge in [0.15, 0.2) is 0 Å². The van der Waals surface area contributed by atoms with E-state index < -0.39 is 11.2 Å². The van der Waals surface area contributed by atoms with Crippen molar-refractivity contribution in [1.82, 2.24) is 10.2 Å². The molecule has 0 radical (unpaired) electrons. The van der Waals surface area contributed by atoms with E-state index >= 15 is 0 Å². The molecule has 0 saturated carbocycles. The van der Waals surface area contributed by atoms with Crippen molar-refractivity contribution < 1.29 is 14.6 Å². The number of nitrogens with zero attached hydrogens (tertiary/aromatic N) is 1. The number of carbonyl (C=O) groups excluding carboxylic acids is 1. The summed E-state index contributed by atoms with van der Waals surface area (Å²) in [7, 11) is 1.63. The smallest absolute Gasteiger partial charge is 0.254 e. The summed E-state index contributed by atoms with van der Waals surface area (Å²) in [6, 6.07) is 0. The fraction of sp³-hybridized carbons (Fsp3) is 0.923. The summed E-state index contributed by atoms with van der Waals surface area (Å²) in [4.78, 5) is 14.5. The van der Waals surface area contributed by atoms with Gasteiger partial charge in [0.25, 0.3) is 5.91 Å². The number of carbonyl (C=O) groups is 1. The molecule has 2 aliphatic heterocycles. The number of aliphatic hydroxyl groups is 1. The monoisotopic (exact) mass is 256 g/mol. The molecule has 5 nitrogen and oxygen atoms in total. The fourth-order valence-electron chi connectivity index (χ4n) is 2.82. The second-order valence-corrected chi connectivity index (χ2v) is 5.74. The van der Waals surface area contributed by atoms with E-state index in [0.717, 1.165) is 25.9 Å². The molecule has 0 spiro atoms. The van der Waals surface area contributed by atoms with E-state index in [0.29, 0.717) is 25.9 Å². The first-order chi connectivity index (χ1) is 8.49. The van der Waals surface area contributed by atoms with Crippen LogP contribution >= 0.6 is 0 Å². The Kier molecular flexibility index (Phi) is 3.94. The Hall–Kier alpha value is -0.650. The molecule has 0 aliphatic carbocycles. The number of methoxy groups -OCH3 is 1. The molecule has 5 heteroatoms. The summed E-state index contributed by atoms with van der Waals surface area (Å²) in [6.45, 7) is 4.75. The molecule has 2 saturated heterocycles. The third-order valence-corrected chi connectivity index (χ3v) is 4.32. The lowest BCUT2D eigenvalue weighted by molar-refractivity contribution is -0.161. The van der Waals surface area contributed by atoms with Gasteiger partial charge in [-0.15, -0.1) is 0 Å². The van der Waals surface area contributed by atoms with Crippen LogP contribution in [0.15, 0.2) is 0 Å². The number of nitrogens with one attached hydrogen (secondary N) is 1. The minimum absolute atomic E-state index is 0.0991. The molecule has 104 valence electrons. The van der Waals surface area contributed by atoms with Crippen LogP contribution in [0.2, 0.25) is 0 Å². The van der Waals surface area contributed by atoms with E-state index in [-0.39, 0.29) is 5.91 Å². The number of amides is 1. The van der Waals surface area contributed by atoms with Crippen molar-refractivity contribution in [1.29, 1.82) is 0 Å². The molecule has 0 unspecified atom stereocenters. The SMILES string of the molecule is COC1(C(=O)N2CCC(C)(O)CC2)CCNCC1. The van der Waals surface area contributed by atoms with Crippen LogP contribution in [-0.4, -0.2) is 60.4 Å². The van der Waals surface area contributed by atoms with Crippen LogP contribution in [0.25, 0.3) is 0 Å². The lowest BCUT2D eigenvalue weighted by Crippen LogP contribution is -2.57. The van der Waals surface area contributed by atoms with Gasteiger partial charge >= 0.3 is 0 Å². The number of likely N-dealkylation sites (tertiary alicyclic amines) is 1. The van der Waals surface area contributed by atoms with Crippen molar-refractivity contribution in [3.05, 3.63) is 0 Å². The predicted molar refractivity (Wildman–Crippen MR) is 68.3 cm³/mol. The molecule has 1 amide bonds. The van der Waals surface area contributed by atoms with Crippen LogP contribution in [0.1, 0.15) is 32.6 Å². The van der Waals surface area contributed by atoms with Crippen molar-refractivity contribution in [2.75, 3.05) is 33.3 Å². The van der Waals surface area contributed by atoms with Gasteiger partial charge in [-0.2, -0.15) is 0 Å². The highest BCUT2D eigenvalue weighted by Crippen LogP contribution is 2.28. The summed E-state index contributed by atoms with van der Waals surface area (Å²) in [5, 5.41) is 13.2. The normalized spacial score (nSPS) is 26.9. The van der Waals surface area contributed by atoms with Crippen molar-refractivity contribution in [3.8, 4) is 0 Å². The van der Waals surface area contributed by atoms with Gasteiger partial charge < -0.3 is 20.1 Å². The second kappa shape index (κ2) is 5.15. The van der Waals surface area contributed by atoms with Crippen molar-refractivity contribution in [2.24, 2.45) is 0 Å². The predicted octanol–water partition coefficient (Wildman–Crippen LogP) is 0.128. The Morgan fingerprint density at radius 2 is 1.78 bits per heavy atom. The van der Waals surface area contributed by atoms with Gasteiger partial charge in [0, 0.05) is 20.2 Å². The summed E-state index contributed by atoms with van der Waals surface area (Å²) in [5.41, 5.74) is -1.26. The maximum Gasteiger partial charge on any atom is 0.254 e. The zero-order chi connectivity index (χ0) is 13.2. The largest absolute Gasteiger partial charge is 0.390 e. The van der Waals surface area contributed by atoms with E-state index in [4.69, 9.17) is 4.74 Å². The third kappa shape index (κ3) is 2.68. The fourth-order valence-corrected chi connectivity index (χ4v) is 2.82. The van der Waals surface area contributed by atoms with E-state index in [9.17, 15) is 9.90 Å². The summed E-state index contributed by atoms with van der Waals surface area (Å²) in [5.74, 6) is 0.0991. The molecule has 2 N–H and O–H groups in total. The number of hydrogen-bond acceptors (Lipinski definition) is 4. The van der Waals surface area contributed by atoms with Gasteiger partial charge in [0.05, 0.1) is 5.60 Å². The average molecular weight is 256 g/mol. The summed E-state index contributed by atoms with van der Waals surface area (Å²) < 4.78 is 5.55. The van der Waals surface area contributed by atoms with Crippen LogP contribution in [0, 0.1) is 0 Å². The number of piperidine rings is 2. The summed E-state index contributed by atoms with van der Waals surface area (Å²) >= 11 is 0. The van der Waals surface area contributed by atoms with Gasteiger partial charge in [-0.3, -0.25) is 4.79 Å². The van der Waals surface area contributed by atoms with Crippen molar-refractivity contribution in [2.45, 2.75) is 43.8 Å². The first-order valence-electron chi connectivity index (χ1n) is 6.77. The molecule has 0 atom stereocenters. The molecule has 0 aromatic rings. The van der Waals surface area contributed by atoms with Gasteiger partial charge in [-0.25, -0.2) is 0 Å². The highest BCUT2D eigenvalue weighted by Gasteiger charge is 2.43. The van der Waals surface area contributed by atoms with Crippen molar-refractivity contribution >= 4 is 5.91 Å². The van der Waals surface area contributed by atoms with E-state index in [2.05, 4.69) is 5.32 Å². The number of ether oxygens (including phenoxy) is 1. The van der Waals surface area contributed by atoms with Crippen LogP contribution in [0.4, 0.5) is 0 Å². The van der Waals surface area contributed by atoms with E-state index in [1.54, 1.807) is 7.11 Å². The Balaban J connectivity index is 2.01. The summed E-state index contributed by atoms with van der Waals surface area (Å²) in [6.07, 6.45) is 2.76. The van der Waals surface area contributed by atoms with Crippen LogP contribution in [0.5, 0.6) is 0 Å². The molecule has 2 heterocycles. The highest BCUT2D eigenvalue weighted by molar-refractivity contribution is 5.85. The van der Waals surface area contributed by atoms with Gasteiger partial charge in [-0.05, 0) is 45.7 Å². The van der Waals surface area contributed by atoms with Gasteiger partial charge in [-0.1, -0.05) is 0 Å². The third-order valence-electron chi connectivity index (χ3n) is 4.32. The second-order valence-electron chi connectivity index (χ2n) is 5.74. The molecule has 2 aliphatic rings. The molecule has 0 aromatic carbocycles. The maximum atomic E-state index is 12.6. The molecule has 2 rings (SSSR count). The van der Waals surface area contributed by atoms with E-state index in [1.807, 2.05) is 11.8 Å². The minimum Gasteiger partial charge on any atom is -0.390 e. The quantitative estimate of drug-likeness (QED) is 0.737. The van der Waals surface area contributed by atoms with Crippen molar-refractivity contribution in [3.63, 3.8) is 0 Å². The molecule has 2 fully saturated rings. The Morgan fingerprint density at radius 1 is 1.22 bits per heavy atom. The minimum atomic E-state index is -0.644. The maximum absolute atomic E-state index is 12.6. The molecule has 0 bridgehead atoms. The van der Waals surface area contributed by atoms with Gasteiger partial charge in [0.2, 0.25) is 0 Å². The topological polar surface area (TPSA) is 61.8 Å². The molecule has 0 aromatic heterocycles. The highest BCUT2D eigenvalue weighted by atomic mass is 16.5. The average Bonchev–Trinajstić information content (AvgIpc) is 2.39. The number of rotatable bonds is 2. The zero-order valence-electron chi connectivity index (χ0n) is 11.4. The molecule has 18 heavy (non-hydrogen) atoms. The van der Waals surface area contributed by atoms with Crippen LogP contribution in [-0.2, 0) is 9.53 Å². The first kappa shape index (κ1) is 13.8. The standard InChI is InChI=1S/C13H24N2O3/c1-12(17)5-9-15(10-6-12)11(16)13(18-2)3-7-14-8-4-13/h14,17H,3-10H2,1-2H3. The Labute approximate surface area is 108 Å². The number of hydrogen-bond donors (Lipinski definition) is 2. The van der Waals surface area contributed by atoms with E-state index in [1.165, 1.54) is 0 Å². The Bertz CT molecular complexity index is 301. The lowest BCUT2D eigenvalue weighted by Gasteiger charge is -2.42. The molecular weight excluding hydrogens is 232 g/mol. The van der Waals surface area contributed by atoms with Crippen LogP contribution in [0.3, 0.4) is 0 Å².